The highest BCUT2D eigenvalue weighted by Gasteiger charge is 2.27. The quantitative estimate of drug-likeness (QED) is 0.318. The second-order valence-corrected chi connectivity index (χ2v) is 3.80. The van der Waals surface area contributed by atoms with Gasteiger partial charge in [0.25, 0.3) is 0 Å². The molecule has 0 bridgehead atoms. The third-order valence-corrected chi connectivity index (χ3v) is 2.74. The number of nitrogens with zero attached hydrogens (tertiary/aromatic N) is 4. The van der Waals surface area contributed by atoms with E-state index in [9.17, 15) is 9.59 Å². The van der Waals surface area contributed by atoms with Gasteiger partial charge in [0.15, 0.2) is 0 Å². The van der Waals surface area contributed by atoms with Crippen molar-refractivity contribution in [3.8, 4) is 0 Å². The van der Waals surface area contributed by atoms with Crippen LogP contribution in [0.15, 0.2) is 5.11 Å². The number of carbonyl (C=O) groups is 2. The van der Waals surface area contributed by atoms with E-state index in [0.29, 0.717) is 32.5 Å². The number of amides is 1. The predicted octanol–water partition coefficient (Wildman–Crippen LogP) is 1.10. The topological polar surface area (TPSA) is 95.4 Å². The Balaban J connectivity index is 2.37. The average Bonchev–Trinajstić information content (AvgIpc) is 2.36. The Morgan fingerprint density at radius 2 is 2.12 bits per heavy atom. The molecular formula is C10H16N4O3. The first-order chi connectivity index (χ1) is 8.19. The number of likely N-dealkylation sites (tertiary alicyclic amines) is 1. The first kappa shape index (κ1) is 13.3. The normalized spacial score (nSPS) is 16.2. The molecule has 0 unspecified atom stereocenters. The summed E-state index contributed by atoms with van der Waals surface area (Å²) >= 11 is 0. The molecule has 7 heteroatoms. The molecule has 0 aromatic rings. The number of hydrogen-bond acceptors (Lipinski definition) is 4. The summed E-state index contributed by atoms with van der Waals surface area (Å²) in [7, 11) is 0. The molecule has 0 aromatic heterocycles. The average molecular weight is 240 g/mol. The van der Waals surface area contributed by atoms with Gasteiger partial charge in [-0.3, -0.25) is 9.59 Å². The number of esters is 1. The van der Waals surface area contributed by atoms with E-state index in [2.05, 4.69) is 10.0 Å². The predicted molar refractivity (Wildman–Crippen MR) is 60.0 cm³/mol. The number of hydrogen-bond donors (Lipinski definition) is 0. The van der Waals surface area contributed by atoms with Crippen LogP contribution in [0.4, 0.5) is 0 Å². The van der Waals surface area contributed by atoms with Crippen LogP contribution in [0, 0.1) is 5.92 Å². The van der Waals surface area contributed by atoms with Crippen molar-refractivity contribution in [3.63, 3.8) is 0 Å². The van der Waals surface area contributed by atoms with Crippen molar-refractivity contribution in [1.82, 2.24) is 4.90 Å². The summed E-state index contributed by atoms with van der Waals surface area (Å²) in [5.41, 5.74) is 8.11. The van der Waals surface area contributed by atoms with E-state index >= 15 is 0 Å². The molecule has 0 N–H and O–H groups in total. The minimum Gasteiger partial charge on any atom is -0.466 e. The highest BCUT2D eigenvalue weighted by molar-refractivity contribution is 5.79. The van der Waals surface area contributed by atoms with E-state index in [1.807, 2.05) is 0 Å². The Morgan fingerprint density at radius 1 is 1.47 bits per heavy atom. The van der Waals surface area contributed by atoms with Gasteiger partial charge in [-0.2, -0.15) is 0 Å². The van der Waals surface area contributed by atoms with Crippen molar-refractivity contribution >= 4 is 11.9 Å². The Labute approximate surface area is 99.3 Å². The minimum absolute atomic E-state index is 0.113. The molecular weight excluding hydrogens is 224 g/mol. The SMILES string of the molecule is CCOC(=O)C1CCN(C(=O)CN=[N+]=[N-])CC1. The van der Waals surface area contributed by atoms with Gasteiger partial charge in [0.2, 0.25) is 5.91 Å². The van der Waals surface area contributed by atoms with Crippen molar-refractivity contribution in [3.05, 3.63) is 10.4 Å². The Morgan fingerprint density at radius 3 is 2.65 bits per heavy atom. The van der Waals surface area contributed by atoms with Gasteiger partial charge in [-0.25, -0.2) is 0 Å². The summed E-state index contributed by atoms with van der Waals surface area (Å²) in [6.45, 7) is 3.04. The fourth-order valence-electron chi connectivity index (χ4n) is 1.82. The molecule has 1 amide bonds. The standard InChI is InChI=1S/C10H16N4O3/c1-2-17-10(16)8-3-5-14(6-4-8)9(15)7-12-13-11/h8H,2-7H2,1H3. The van der Waals surface area contributed by atoms with E-state index in [1.54, 1.807) is 11.8 Å². The lowest BCUT2D eigenvalue weighted by Crippen LogP contribution is -2.41. The lowest BCUT2D eigenvalue weighted by atomic mass is 9.97. The summed E-state index contributed by atoms with van der Waals surface area (Å²) in [6, 6.07) is 0. The van der Waals surface area contributed by atoms with E-state index < -0.39 is 0 Å². The van der Waals surface area contributed by atoms with Gasteiger partial charge < -0.3 is 9.64 Å². The lowest BCUT2D eigenvalue weighted by Gasteiger charge is -2.30. The van der Waals surface area contributed by atoms with E-state index in [4.69, 9.17) is 10.3 Å². The van der Waals surface area contributed by atoms with Crippen LogP contribution in [0.3, 0.4) is 0 Å². The zero-order chi connectivity index (χ0) is 12.7. The maximum absolute atomic E-state index is 11.5. The molecule has 1 rings (SSSR count). The maximum Gasteiger partial charge on any atom is 0.309 e. The van der Waals surface area contributed by atoms with E-state index in [-0.39, 0.29) is 24.3 Å². The van der Waals surface area contributed by atoms with E-state index in [0.717, 1.165) is 0 Å². The van der Waals surface area contributed by atoms with Crippen LogP contribution in [-0.2, 0) is 14.3 Å². The molecule has 94 valence electrons. The summed E-state index contributed by atoms with van der Waals surface area (Å²) in [6.07, 6.45) is 1.22. The Kier molecular flexibility index (Phi) is 5.29. The highest BCUT2D eigenvalue weighted by atomic mass is 16.5. The molecule has 1 aliphatic heterocycles. The Bertz CT molecular complexity index is 330. The zero-order valence-corrected chi connectivity index (χ0v) is 9.83. The van der Waals surface area contributed by atoms with Crippen molar-refractivity contribution < 1.29 is 14.3 Å². The van der Waals surface area contributed by atoms with Crippen LogP contribution < -0.4 is 0 Å². The van der Waals surface area contributed by atoms with Gasteiger partial charge in [0.1, 0.15) is 6.54 Å². The number of ether oxygens (including phenoxy) is 1. The number of carbonyl (C=O) groups excluding carboxylic acids is 2. The summed E-state index contributed by atoms with van der Waals surface area (Å²) < 4.78 is 4.93. The lowest BCUT2D eigenvalue weighted by molar-refractivity contribution is -0.151. The number of rotatable bonds is 4. The van der Waals surface area contributed by atoms with Gasteiger partial charge >= 0.3 is 5.97 Å². The van der Waals surface area contributed by atoms with Gasteiger partial charge in [-0.15, -0.1) is 0 Å². The molecule has 0 spiro atoms. The van der Waals surface area contributed by atoms with Crippen LogP contribution >= 0.6 is 0 Å². The highest BCUT2D eigenvalue weighted by Crippen LogP contribution is 2.18. The minimum atomic E-state index is -0.190. The fraction of sp³-hybridized carbons (Fsp3) is 0.800. The third-order valence-electron chi connectivity index (χ3n) is 2.74. The second-order valence-electron chi connectivity index (χ2n) is 3.80. The second kappa shape index (κ2) is 6.75. The summed E-state index contributed by atoms with van der Waals surface area (Å²) in [4.78, 5) is 27.1. The molecule has 1 fully saturated rings. The summed E-state index contributed by atoms with van der Waals surface area (Å²) in [5.74, 6) is -0.488. The smallest absolute Gasteiger partial charge is 0.309 e. The van der Waals surface area contributed by atoms with Crippen molar-refractivity contribution in [2.24, 2.45) is 11.0 Å². The Hall–Kier alpha value is -1.75. The molecule has 0 atom stereocenters. The van der Waals surface area contributed by atoms with Crippen molar-refractivity contribution in [1.29, 1.82) is 0 Å². The van der Waals surface area contributed by atoms with Crippen molar-refractivity contribution in [2.45, 2.75) is 19.8 Å². The van der Waals surface area contributed by atoms with Crippen LogP contribution in [-0.4, -0.2) is 43.0 Å². The molecule has 7 nitrogen and oxygen atoms in total. The third kappa shape index (κ3) is 3.96. The summed E-state index contributed by atoms with van der Waals surface area (Å²) in [5, 5.41) is 3.23. The first-order valence-corrected chi connectivity index (χ1v) is 5.64. The molecule has 0 aliphatic carbocycles. The number of azide groups is 1. The molecule has 1 heterocycles. The fourth-order valence-corrected chi connectivity index (χ4v) is 1.82. The first-order valence-electron chi connectivity index (χ1n) is 5.64. The molecule has 0 aromatic carbocycles. The van der Waals surface area contributed by atoms with Crippen molar-refractivity contribution in [2.75, 3.05) is 26.2 Å². The van der Waals surface area contributed by atoms with Crippen LogP contribution in [0.1, 0.15) is 19.8 Å². The maximum atomic E-state index is 11.5. The molecule has 0 saturated carbocycles. The van der Waals surface area contributed by atoms with Gasteiger partial charge in [0, 0.05) is 18.0 Å². The van der Waals surface area contributed by atoms with Crippen LogP contribution in [0.5, 0.6) is 0 Å². The molecule has 17 heavy (non-hydrogen) atoms. The monoisotopic (exact) mass is 240 g/mol. The van der Waals surface area contributed by atoms with Crippen LogP contribution in [0.2, 0.25) is 0 Å². The van der Waals surface area contributed by atoms with Gasteiger partial charge in [0.05, 0.1) is 12.5 Å². The van der Waals surface area contributed by atoms with E-state index in [1.165, 1.54) is 0 Å². The van der Waals surface area contributed by atoms with Gasteiger partial charge in [-0.1, -0.05) is 5.11 Å². The number of piperidine rings is 1. The molecule has 1 aliphatic rings. The molecule has 1 saturated heterocycles. The molecule has 0 radical (unpaired) electrons. The largest absolute Gasteiger partial charge is 0.466 e. The van der Waals surface area contributed by atoms with Gasteiger partial charge in [-0.05, 0) is 25.3 Å². The zero-order valence-electron chi connectivity index (χ0n) is 9.83. The van der Waals surface area contributed by atoms with Crippen LogP contribution in [0.25, 0.3) is 10.4 Å².